The van der Waals surface area contributed by atoms with Gasteiger partial charge in [-0.2, -0.15) is 9.47 Å². The summed E-state index contributed by atoms with van der Waals surface area (Å²) in [6.45, 7) is 1.60. The molecule has 0 saturated heterocycles. The lowest BCUT2D eigenvalue weighted by Crippen LogP contribution is -2.01. The first kappa shape index (κ1) is 13.8. The largest absolute Gasteiger partial charge is 0.508 e. The highest BCUT2D eigenvalue weighted by molar-refractivity contribution is 7.10. The second kappa shape index (κ2) is 5.57. The number of aryl methyl sites for hydroxylation is 1. The molecule has 0 spiro atoms. The topological polar surface area (TPSA) is 115 Å². The number of carboxylic acids is 1. The minimum absolute atomic E-state index is 0.0566. The smallest absolute Gasteiger partial charge is 0.340 e. The minimum atomic E-state index is -1.08. The summed E-state index contributed by atoms with van der Waals surface area (Å²) >= 11 is 0.988. The normalized spacial score (nSPS) is 10.8. The number of aromatic carboxylic acids is 1. The van der Waals surface area contributed by atoms with Crippen LogP contribution in [0.3, 0.4) is 0 Å². The number of nitrogens with one attached hydrogen (secondary N) is 1. The number of aromatic hydroxyl groups is 2. The van der Waals surface area contributed by atoms with Crippen molar-refractivity contribution in [2.45, 2.75) is 6.92 Å². The van der Waals surface area contributed by atoms with Crippen molar-refractivity contribution in [2.24, 2.45) is 5.10 Å². The predicted octanol–water partition coefficient (Wildman–Crippen LogP) is 2.01. The van der Waals surface area contributed by atoms with Crippen molar-refractivity contribution in [2.75, 3.05) is 5.43 Å². The van der Waals surface area contributed by atoms with Crippen molar-refractivity contribution in [3.63, 3.8) is 0 Å². The molecule has 2 aromatic rings. The Morgan fingerprint density at radius 3 is 2.85 bits per heavy atom. The summed E-state index contributed by atoms with van der Waals surface area (Å²) in [5.41, 5.74) is 3.44. The van der Waals surface area contributed by atoms with E-state index in [4.69, 9.17) is 10.2 Å². The zero-order valence-electron chi connectivity index (χ0n) is 10.4. The summed E-state index contributed by atoms with van der Waals surface area (Å²) in [6, 6.07) is 4.06. The number of carboxylic acid groups (broad SMARTS) is 1. The number of benzene rings is 1. The molecule has 7 nitrogen and oxygen atoms in total. The van der Waals surface area contributed by atoms with Gasteiger partial charge in [0, 0.05) is 11.6 Å². The van der Waals surface area contributed by atoms with Crippen molar-refractivity contribution in [1.82, 2.24) is 4.37 Å². The summed E-state index contributed by atoms with van der Waals surface area (Å²) in [5.74, 6) is -1.27. The van der Waals surface area contributed by atoms with Crippen LogP contribution in [0, 0.1) is 6.92 Å². The third kappa shape index (κ3) is 2.86. The number of nitrogens with zero attached hydrogens (tertiary/aromatic N) is 2. The maximum atomic E-state index is 11.0. The standard InChI is InChI=1S/C12H11N3O4S/c1-6-10(12(18)19)11(20-15-6)14-13-5-7-2-3-8(16)4-9(7)17/h2-5,14,16-17H,1H3,(H,18,19). The molecule has 104 valence electrons. The van der Waals surface area contributed by atoms with Crippen LogP contribution >= 0.6 is 11.5 Å². The average molecular weight is 293 g/mol. The minimum Gasteiger partial charge on any atom is -0.508 e. The van der Waals surface area contributed by atoms with Crippen LogP contribution in [-0.4, -0.2) is 31.9 Å². The number of hydrogen-bond donors (Lipinski definition) is 4. The van der Waals surface area contributed by atoms with Crippen molar-refractivity contribution >= 4 is 28.7 Å². The second-order valence-electron chi connectivity index (χ2n) is 3.89. The quantitative estimate of drug-likeness (QED) is 0.506. The summed E-state index contributed by atoms with van der Waals surface area (Å²) < 4.78 is 3.93. The number of phenolic OH excluding ortho intramolecular Hbond substituents is 2. The number of carbonyl (C=O) groups is 1. The van der Waals surface area contributed by atoms with E-state index in [1.807, 2.05) is 0 Å². The molecule has 20 heavy (non-hydrogen) atoms. The van der Waals surface area contributed by atoms with E-state index < -0.39 is 5.97 Å². The first-order chi connectivity index (χ1) is 9.49. The fourth-order valence-electron chi connectivity index (χ4n) is 1.50. The summed E-state index contributed by atoms with van der Waals surface area (Å²) in [6.07, 6.45) is 1.31. The molecule has 0 atom stereocenters. The zero-order chi connectivity index (χ0) is 14.7. The van der Waals surface area contributed by atoms with Gasteiger partial charge in [-0.3, -0.25) is 5.43 Å². The SMILES string of the molecule is Cc1nsc(NN=Cc2ccc(O)cc2O)c1C(=O)O. The number of aromatic nitrogens is 1. The van der Waals surface area contributed by atoms with Crippen LogP contribution in [0.15, 0.2) is 23.3 Å². The van der Waals surface area contributed by atoms with Gasteiger partial charge >= 0.3 is 5.97 Å². The number of phenols is 2. The molecule has 2 rings (SSSR count). The zero-order valence-corrected chi connectivity index (χ0v) is 11.2. The molecule has 0 amide bonds. The molecule has 0 aliphatic heterocycles. The molecule has 1 aromatic heterocycles. The van der Waals surface area contributed by atoms with Gasteiger partial charge in [-0.25, -0.2) is 4.79 Å². The van der Waals surface area contributed by atoms with E-state index in [9.17, 15) is 9.90 Å². The van der Waals surface area contributed by atoms with Gasteiger partial charge in [-0.1, -0.05) is 0 Å². The Bertz CT molecular complexity index is 681. The predicted molar refractivity (Wildman–Crippen MR) is 74.8 cm³/mol. The molecule has 0 saturated carbocycles. The highest BCUT2D eigenvalue weighted by atomic mass is 32.1. The summed E-state index contributed by atoms with van der Waals surface area (Å²) in [7, 11) is 0. The molecular formula is C12H11N3O4S. The van der Waals surface area contributed by atoms with E-state index in [-0.39, 0.29) is 17.1 Å². The van der Waals surface area contributed by atoms with Crippen LogP contribution < -0.4 is 5.43 Å². The van der Waals surface area contributed by atoms with Crippen molar-refractivity contribution < 1.29 is 20.1 Å². The monoisotopic (exact) mass is 293 g/mol. The van der Waals surface area contributed by atoms with E-state index in [2.05, 4.69) is 14.9 Å². The Morgan fingerprint density at radius 2 is 2.20 bits per heavy atom. The molecule has 1 heterocycles. The Kier molecular flexibility index (Phi) is 3.85. The maximum absolute atomic E-state index is 11.0. The molecular weight excluding hydrogens is 282 g/mol. The van der Waals surface area contributed by atoms with Crippen molar-refractivity contribution in [3.05, 3.63) is 35.0 Å². The number of anilines is 1. The van der Waals surface area contributed by atoms with Crippen LogP contribution in [0.2, 0.25) is 0 Å². The Balaban J connectivity index is 2.16. The molecule has 0 radical (unpaired) electrons. The van der Waals surface area contributed by atoms with Crippen LogP contribution in [0.4, 0.5) is 5.00 Å². The fourth-order valence-corrected chi connectivity index (χ4v) is 2.24. The summed E-state index contributed by atoms with van der Waals surface area (Å²) in [5, 5.41) is 31.9. The first-order valence-corrected chi connectivity index (χ1v) is 6.27. The van der Waals surface area contributed by atoms with E-state index >= 15 is 0 Å². The van der Waals surface area contributed by atoms with Crippen molar-refractivity contribution in [1.29, 1.82) is 0 Å². The molecule has 0 bridgehead atoms. The van der Waals surface area contributed by atoms with Crippen LogP contribution in [0.1, 0.15) is 21.6 Å². The molecule has 0 aliphatic carbocycles. The van der Waals surface area contributed by atoms with Gasteiger partial charge in [0.05, 0.1) is 11.9 Å². The molecule has 0 aliphatic rings. The maximum Gasteiger partial charge on any atom is 0.340 e. The van der Waals surface area contributed by atoms with Gasteiger partial charge in [0.2, 0.25) is 0 Å². The average Bonchev–Trinajstić information content (AvgIpc) is 2.73. The first-order valence-electron chi connectivity index (χ1n) is 5.49. The third-order valence-corrected chi connectivity index (χ3v) is 3.30. The van der Waals surface area contributed by atoms with Crippen LogP contribution in [0.25, 0.3) is 0 Å². The fraction of sp³-hybridized carbons (Fsp3) is 0.0833. The number of hydrazone groups is 1. The van der Waals surface area contributed by atoms with Gasteiger partial charge in [-0.15, -0.1) is 0 Å². The molecule has 0 fully saturated rings. The summed E-state index contributed by atoms with van der Waals surface area (Å²) in [4.78, 5) is 11.0. The highest BCUT2D eigenvalue weighted by Crippen LogP contribution is 2.25. The van der Waals surface area contributed by atoms with Gasteiger partial charge in [0.25, 0.3) is 0 Å². The van der Waals surface area contributed by atoms with Gasteiger partial charge < -0.3 is 15.3 Å². The van der Waals surface area contributed by atoms with E-state index in [1.54, 1.807) is 6.92 Å². The lowest BCUT2D eigenvalue weighted by atomic mass is 10.2. The van der Waals surface area contributed by atoms with E-state index in [0.717, 1.165) is 11.5 Å². The van der Waals surface area contributed by atoms with Crippen LogP contribution in [-0.2, 0) is 0 Å². The molecule has 8 heteroatoms. The second-order valence-corrected chi connectivity index (χ2v) is 4.66. The number of hydrogen-bond acceptors (Lipinski definition) is 7. The Morgan fingerprint density at radius 1 is 1.45 bits per heavy atom. The lowest BCUT2D eigenvalue weighted by molar-refractivity contribution is 0.0697. The van der Waals surface area contributed by atoms with Gasteiger partial charge in [0.1, 0.15) is 22.1 Å². The third-order valence-electron chi connectivity index (χ3n) is 2.46. The Labute approximate surface area is 118 Å². The van der Waals surface area contributed by atoms with Crippen LogP contribution in [0.5, 0.6) is 11.5 Å². The van der Waals surface area contributed by atoms with E-state index in [0.29, 0.717) is 16.3 Å². The lowest BCUT2D eigenvalue weighted by Gasteiger charge is -2.00. The Hall–Kier alpha value is -2.61. The molecule has 4 N–H and O–H groups in total. The van der Waals surface area contributed by atoms with Gasteiger partial charge in [0.15, 0.2) is 0 Å². The van der Waals surface area contributed by atoms with Gasteiger partial charge in [-0.05, 0) is 30.6 Å². The van der Waals surface area contributed by atoms with E-state index in [1.165, 1.54) is 24.4 Å². The molecule has 1 aromatic carbocycles. The van der Waals surface area contributed by atoms with Crippen molar-refractivity contribution in [3.8, 4) is 11.5 Å². The molecule has 0 unspecified atom stereocenters. The highest BCUT2D eigenvalue weighted by Gasteiger charge is 2.16. The number of rotatable bonds is 4.